The Balaban J connectivity index is 0.921. The third-order valence-electron chi connectivity index (χ3n) is 12.8. The molecule has 0 spiro atoms. The van der Waals surface area contributed by atoms with E-state index in [0.29, 0.717) is 0 Å². The number of hydrogen-bond donors (Lipinski definition) is 1. The first-order valence-electron chi connectivity index (χ1n) is 22.1. The number of benzene rings is 10. The average Bonchev–Trinajstić information content (AvgIpc) is 3.93. The molecule has 0 saturated heterocycles. The summed E-state index contributed by atoms with van der Waals surface area (Å²) in [7, 11) is 0. The third-order valence-corrected chi connectivity index (χ3v) is 12.8. The van der Waals surface area contributed by atoms with Crippen molar-refractivity contribution in [2.75, 3.05) is 4.90 Å². The van der Waals surface area contributed by atoms with Crippen LogP contribution in [0.15, 0.2) is 241 Å². The number of hydrogen-bond acceptors (Lipinski definition) is 3. The lowest BCUT2D eigenvalue weighted by atomic mass is 9.98. The van der Waals surface area contributed by atoms with Gasteiger partial charge in [-0.25, -0.2) is 0 Å². The van der Waals surface area contributed by atoms with E-state index >= 15 is 0 Å². The van der Waals surface area contributed by atoms with E-state index in [-0.39, 0.29) is 6.61 Å². The van der Waals surface area contributed by atoms with Crippen molar-refractivity contribution in [2.24, 2.45) is 0 Å². The smallest absolute Gasteiger partial charge is 0.143 e. The molecule has 2 heterocycles. The van der Waals surface area contributed by atoms with E-state index in [0.717, 1.165) is 89.1 Å². The predicted octanol–water partition coefficient (Wildman–Crippen LogP) is 16.3. The molecule has 0 fully saturated rings. The lowest BCUT2D eigenvalue weighted by molar-refractivity contribution is 0.282. The summed E-state index contributed by atoms with van der Waals surface area (Å²) >= 11 is 0. The van der Waals surface area contributed by atoms with Gasteiger partial charge in [0, 0.05) is 49.9 Å². The first-order valence-corrected chi connectivity index (χ1v) is 22.1. The van der Waals surface area contributed by atoms with Gasteiger partial charge in [0.25, 0.3) is 0 Å². The molecule has 4 heteroatoms. The van der Waals surface area contributed by atoms with Gasteiger partial charge in [0.2, 0.25) is 0 Å². The molecular weight excluding hydrogens is 793 g/mol. The summed E-state index contributed by atoms with van der Waals surface area (Å²) in [6.45, 7) is 0.0258. The Kier molecular flexibility index (Phi) is 9.44. The van der Waals surface area contributed by atoms with Crippen LogP contribution in [-0.2, 0) is 6.61 Å². The van der Waals surface area contributed by atoms with Gasteiger partial charge in [0.15, 0.2) is 0 Å². The summed E-state index contributed by atoms with van der Waals surface area (Å²) in [5, 5.41) is 14.3. The molecule has 0 atom stereocenters. The van der Waals surface area contributed by atoms with Crippen LogP contribution in [0.1, 0.15) is 5.56 Å². The van der Waals surface area contributed by atoms with Crippen LogP contribution < -0.4 is 4.90 Å². The van der Waals surface area contributed by atoms with Gasteiger partial charge >= 0.3 is 0 Å². The van der Waals surface area contributed by atoms with Gasteiger partial charge in [-0.1, -0.05) is 158 Å². The van der Waals surface area contributed by atoms with Gasteiger partial charge < -0.3 is 19.0 Å². The zero-order valence-electron chi connectivity index (χ0n) is 35.5. The highest BCUT2D eigenvalue weighted by molar-refractivity contribution is 6.11. The number of aromatic nitrogens is 1. The second-order valence-corrected chi connectivity index (χ2v) is 16.6. The monoisotopic (exact) mass is 834 g/mol. The van der Waals surface area contributed by atoms with Crippen molar-refractivity contribution >= 4 is 60.8 Å². The van der Waals surface area contributed by atoms with Crippen LogP contribution in [0.5, 0.6) is 0 Å². The lowest BCUT2D eigenvalue weighted by Gasteiger charge is -2.26. The minimum Gasteiger partial charge on any atom is -0.455 e. The molecule has 0 aliphatic rings. The Hall–Kier alpha value is -8.44. The number of nitrogens with zero attached hydrogens (tertiary/aromatic N) is 2. The number of aliphatic hydroxyl groups excluding tert-OH is 1. The molecule has 65 heavy (non-hydrogen) atoms. The zero-order valence-corrected chi connectivity index (χ0v) is 35.5. The summed E-state index contributed by atoms with van der Waals surface area (Å²) in [4.78, 5) is 2.33. The van der Waals surface area contributed by atoms with Crippen LogP contribution in [0, 0.1) is 0 Å². The summed E-state index contributed by atoms with van der Waals surface area (Å²) in [5.74, 6) is 0. The Morgan fingerprint density at radius 3 is 1.55 bits per heavy atom. The molecule has 0 saturated carbocycles. The first-order chi connectivity index (χ1) is 32.2. The number of anilines is 3. The topological polar surface area (TPSA) is 41.5 Å². The van der Waals surface area contributed by atoms with Crippen molar-refractivity contribution in [3.05, 3.63) is 242 Å². The van der Waals surface area contributed by atoms with E-state index in [9.17, 15) is 5.11 Å². The maximum atomic E-state index is 9.68. The van der Waals surface area contributed by atoms with Gasteiger partial charge in [-0.05, 0) is 123 Å². The van der Waals surface area contributed by atoms with Crippen molar-refractivity contribution in [2.45, 2.75) is 6.61 Å². The fourth-order valence-corrected chi connectivity index (χ4v) is 9.51. The summed E-state index contributed by atoms with van der Waals surface area (Å²) < 4.78 is 8.75. The fourth-order valence-electron chi connectivity index (χ4n) is 9.51. The van der Waals surface area contributed by atoms with Crippen LogP contribution in [0.25, 0.3) is 93.9 Å². The lowest BCUT2D eigenvalue weighted by Crippen LogP contribution is -2.09. The van der Waals surface area contributed by atoms with E-state index in [1.165, 1.54) is 27.5 Å². The molecule has 308 valence electrons. The summed E-state index contributed by atoms with van der Waals surface area (Å²) in [6.07, 6.45) is 0. The third kappa shape index (κ3) is 6.85. The van der Waals surface area contributed by atoms with E-state index in [1.807, 2.05) is 24.3 Å². The SMILES string of the molecule is OCc1ccc(-n2c3ccccc3c3cc(-c4ccc(N(c5ccc(-c6cccc(-c7ccccc7)c6)cc5)c5ccc(-c6cccc7c6oc6ccccc67)cc5)cc4)ccc32)cc1. The first kappa shape index (κ1) is 38.3. The minimum atomic E-state index is 0.0258. The summed E-state index contributed by atoms with van der Waals surface area (Å²) in [6, 6.07) is 84.1. The molecule has 0 radical (unpaired) electrons. The molecule has 0 bridgehead atoms. The molecule has 0 unspecified atom stereocenters. The van der Waals surface area contributed by atoms with E-state index < -0.39 is 0 Å². The Morgan fingerprint density at radius 2 is 0.877 bits per heavy atom. The second kappa shape index (κ2) is 16.0. The molecular formula is C61H42N2O2. The van der Waals surface area contributed by atoms with Crippen LogP contribution in [0.2, 0.25) is 0 Å². The van der Waals surface area contributed by atoms with Crippen molar-refractivity contribution in [3.8, 4) is 50.2 Å². The maximum Gasteiger partial charge on any atom is 0.143 e. The molecule has 2 aromatic heterocycles. The van der Waals surface area contributed by atoms with Crippen LogP contribution in [0.4, 0.5) is 17.1 Å². The van der Waals surface area contributed by atoms with Gasteiger partial charge in [0.1, 0.15) is 11.2 Å². The second-order valence-electron chi connectivity index (χ2n) is 16.6. The number of aliphatic hydroxyl groups is 1. The number of fused-ring (bicyclic) bond motifs is 6. The quantitative estimate of drug-likeness (QED) is 0.157. The molecule has 0 amide bonds. The molecule has 10 aromatic carbocycles. The Labute approximate surface area is 377 Å². The van der Waals surface area contributed by atoms with Gasteiger partial charge in [-0.15, -0.1) is 0 Å². The number of para-hydroxylation sites is 3. The summed E-state index contributed by atoms with van der Waals surface area (Å²) in [5.41, 5.74) is 18.4. The minimum absolute atomic E-state index is 0.0258. The number of rotatable bonds is 9. The maximum absolute atomic E-state index is 9.68. The van der Waals surface area contributed by atoms with Gasteiger partial charge in [-0.2, -0.15) is 0 Å². The molecule has 12 rings (SSSR count). The van der Waals surface area contributed by atoms with E-state index in [2.05, 4.69) is 222 Å². The van der Waals surface area contributed by atoms with Crippen molar-refractivity contribution in [1.82, 2.24) is 4.57 Å². The molecule has 4 nitrogen and oxygen atoms in total. The van der Waals surface area contributed by atoms with Crippen molar-refractivity contribution in [3.63, 3.8) is 0 Å². The van der Waals surface area contributed by atoms with E-state index in [1.54, 1.807) is 0 Å². The highest BCUT2D eigenvalue weighted by atomic mass is 16.3. The van der Waals surface area contributed by atoms with Crippen LogP contribution in [0.3, 0.4) is 0 Å². The highest BCUT2D eigenvalue weighted by Crippen LogP contribution is 2.41. The molecule has 1 N–H and O–H groups in total. The average molecular weight is 835 g/mol. The zero-order chi connectivity index (χ0) is 43.3. The van der Waals surface area contributed by atoms with E-state index in [4.69, 9.17) is 4.42 Å². The fraction of sp³-hybridized carbons (Fsp3) is 0.0164. The largest absolute Gasteiger partial charge is 0.455 e. The van der Waals surface area contributed by atoms with Crippen LogP contribution in [-0.4, -0.2) is 9.67 Å². The molecule has 0 aliphatic heterocycles. The Bertz CT molecular complexity index is 3660. The van der Waals surface area contributed by atoms with Gasteiger partial charge in [0.05, 0.1) is 17.6 Å². The van der Waals surface area contributed by atoms with Crippen molar-refractivity contribution < 1.29 is 9.52 Å². The predicted molar refractivity (Wildman–Crippen MR) is 270 cm³/mol. The van der Waals surface area contributed by atoms with Crippen LogP contribution >= 0.6 is 0 Å². The number of furan rings is 1. The molecule has 0 aliphatic carbocycles. The van der Waals surface area contributed by atoms with Gasteiger partial charge in [-0.3, -0.25) is 0 Å². The Morgan fingerprint density at radius 1 is 0.369 bits per heavy atom. The van der Waals surface area contributed by atoms with Crippen molar-refractivity contribution in [1.29, 1.82) is 0 Å². The highest BCUT2D eigenvalue weighted by Gasteiger charge is 2.18. The molecule has 12 aromatic rings. The standard InChI is InChI=1S/C61H42N2O2/c64-40-41-20-29-52(30-21-41)63-58-18-6-4-14-54(58)57-39-48(28-37-59(57)63)44-24-33-50(34-25-44)62(49-31-22-43(23-32-49)47-13-8-12-46(38-47)42-10-2-1-3-11-42)51-35-26-45(27-36-51)53-16-9-17-56-55-15-5-7-19-60(55)65-61(53)56/h1-39,64H,40H2. The normalized spacial score (nSPS) is 11.5.